The number of aromatic nitrogens is 1. The summed E-state index contributed by atoms with van der Waals surface area (Å²) < 4.78 is 12.0. The summed E-state index contributed by atoms with van der Waals surface area (Å²) in [6.45, 7) is -0.221. The third-order valence-corrected chi connectivity index (χ3v) is 4.81. The van der Waals surface area contributed by atoms with E-state index in [-0.39, 0.29) is 13.1 Å². The van der Waals surface area contributed by atoms with E-state index in [1.165, 1.54) is 4.57 Å². The highest BCUT2D eigenvalue weighted by Crippen LogP contribution is 2.26. The fourth-order valence-electron chi connectivity index (χ4n) is 2.77. The maximum atomic E-state index is 12.2. The fraction of sp³-hybridized carbons (Fsp3) is 0.158. The van der Waals surface area contributed by atoms with Crippen LogP contribution in [0.3, 0.4) is 0 Å². The van der Waals surface area contributed by atoms with Crippen molar-refractivity contribution in [2.75, 3.05) is 6.54 Å². The van der Waals surface area contributed by atoms with Gasteiger partial charge >= 0.3 is 5.76 Å². The van der Waals surface area contributed by atoms with Gasteiger partial charge in [-0.2, -0.15) is 11.3 Å². The number of carbonyl (C=O) groups is 1. The third-order valence-electron chi connectivity index (χ3n) is 4.13. The molecule has 0 aliphatic carbocycles. The molecule has 1 amide bonds. The maximum Gasteiger partial charge on any atom is 0.420 e. The molecule has 1 aromatic carbocycles. The topological polar surface area (TPSA) is 97.6 Å². The van der Waals surface area contributed by atoms with Crippen LogP contribution in [-0.4, -0.2) is 22.1 Å². The number of benzene rings is 1. The van der Waals surface area contributed by atoms with Gasteiger partial charge in [0.05, 0.1) is 12.1 Å². The van der Waals surface area contributed by atoms with E-state index in [1.807, 2.05) is 16.8 Å². The Bertz CT molecular complexity index is 1120. The first kappa shape index (κ1) is 17.3. The molecular weight excluding hydrogens is 368 g/mol. The van der Waals surface area contributed by atoms with E-state index in [9.17, 15) is 14.7 Å². The smallest absolute Gasteiger partial charge is 0.420 e. The Kier molecular flexibility index (Phi) is 4.66. The number of hydrogen-bond donors (Lipinski definition) is 2. The molecule has 3 heterocycles. The van der Waals surface area contributed by atoms with Crippen molar-refractivity contribution in [2.45, 2.75) is 12.6 Å². The normalized spacial score (nSPS) is 12.3. The Morgan fingerprint density at radius 2 is 2.04 bits per heavy atom. The van der Waals surface area contributed by atoms with E-state index < -0.39 is 17.8 Å². The Morgan fingerprint density at radius 1 is 1.19 bits per heavy atom. The van der Waals surface area contributed by atoms with Gasteiger partial charge in [-0.3, -0.25) is 9.36 Å². The van der Waals surface area contributed by atoms with Crippen molar-refractivity contribution in [1.82, 2.24) is 9.88 Å². The first-order valence-electron chi connectivity index (χ1n) is 8.27. The number of para-hydroxylation sites is 2. The zero-order chi connectivity index (χ0) is 18.8. The van der Waals surface area contributed by atoms with Crippen molar-refractivity contribution in [1.29, 1.82) is 0 Å². The number of furan rings is 1. The van der Waals surface area contributed by atoms with Crippen LogP contribution in [0.25, 0.3) is 22.4 Å². The van der Waals surface area contributed by atoms with E-state index in [0.29, 0.717) is 22.6 Å². The van der Waals surface area contributed by atoms with Crippen LogP contribution in [0.5, 0.6) is 0 Å². The standard InChI is InChI=1S/C19H16N2O5S/c22-14(17-6-5-15(25-17)12-7-8-27-11-12)9-20-18(23)10-21-13-3-1-2-4-16(13)26-19(21)24/h1-8,11,14,22H,9-10H2,(H,20,23)/t14-/m1/s1. The second-order valence-electron chi connectivity index (χ2n) is 5.96. The molecule has 0 fully saturated rings. The molecule has 4 aromatic rings. The van der Waals surface area contributed by atoms with Gasteiger partial charge in [-0.1, -0.05) is 12.1 Å². The van der Waals surface area contributed by atoms with E-state index >= 15 is 0 Å². The predicted molar refractivity (Wildman–Crippen MR) is 100 cm³/mol. The quantitative estimate of drug-likeness (QED) is 0.533. The minimum Gasteiger partial charge on any atom is -0.458 e. The minimum absolute atomic E-state index is 0.0278. The molecule has 7 nitrogen and oxygen atoms in total. The Labute approximate surface area is 157 Å². The minimum atomic E-state index is -0.987. The first-order valence-corrected chi connectivity index (χ1v) is 9.21. The lowest BCUT2D eigenvalue weighted by Crippen LogP contribution is -2.33. The summed E-state index contributed by atoms with van der Waals surface area (Å²) in [5, 5.41) is 16.7. The van der Waals surface area contributed by atoms with Gasteiger partial charge in [-0.25, -0.2) is 4.79 Å². The number of nitrogens with one attached hydrogen (secondary N) is 1. The summed E-state index contributed by atoms with van der Waals surface area (Å²) in [7, 11) is 0. The Balaban J connectivity index is 1.39. The lowest BCUT2D eigenvalue weighted by Gasteiger charge is -2.10. The van der Waals surface area contributed by atoms with Crippen molar-refractivity contribution < 1.29 is 18.7 Å². The summed E-state index contributed by atoms with van der Waals surface area (Å²) in [6.07, 6.45) is -0.987. The summed E-state index contributed by atoms with van der Waals surface area (Å²) in [6, 6.07) is 12.3. The molecule has 8 heteroatoms. The van der Waals surface area contributed by atoms with Crippen LogP contribution in [-0.2, 0) is 11.3 Å². The number of oxazole rings is 1. The van der Waals surface area contributed by atoms with Crippen LogP contribution in [0.1, 0.15) is 11.9 Å². The van der Waals surface area contributed by atoms with Crippen molar-refractivity contribution in [2.24, 2.45) is 0 Å². The van der Waals surface area contributed by atoms with E-state index in [2.05, 4.69) is 5.32 Å². The lowest BCUT2D eigenvalue weighted by molar-refractivity contribution is -0.122. The van der Waals surface area contributed by atoms with Crippen LogP contribution in [0.4, 0.5) is 0 Å². The second kappa shape index (κ2) is 7.26. The van der Waals surface area contributed by atoms with Gasteiger partial charge in [0.1, 0.15) is 24.2 Å². The van der Waals surface area contributed by atoms with Crippen molar-refractivity contribution in [3.05, 3.63) is 69.5 Å². The molecule has 2 N–H and O–H groups in total. The highest BCUT2D eigenvalue weighted by Gasteiger charge is 2.16. The molecule has 0 unspecified atom stereocenters. The molecule has 0 radical (unpaired) electrons. The van der Waals surface area contributed by atoms with Crippen LogP contribution in [0, 0.1) is 0 Å². The van der Waals surface area contributed by atoms with E-state index in [1.54, 1.807) is 47.7 Å². The first-order chi connectivity index (χ1) is 13.1. The molecule has 0 bridgehead atoms. The second-order valence-corrected chi connectivity index (χ2v) is 6.74. The van der Waals surface area contributed by atoms with Gasteiger partial charge in [0.2, 0.25) is 5.91 Å². The van der Waals surface area contributed by atoms with Gasteiger partial charge in [0, 0.05) is 10.9 Å². The van der Waals surface area contributed by atoms with Gasteiger partial charge in [0.15, 0.2) is 5.58 Å². The molecule has 0 aliphatic rings. The third kappa shape index (κ3) is 3.57. The van der Waals surface area contributed by atoms with Crippen LogP contribution >= 0.6 is 11.3 Å². The molecule has 0 spiro atoms. The van der Waals surface area contributed by atoms with Gasteiger partial charge in [0.25, 0.3) is 0 Å². The predicted octanol–water partition coefficient (Wildman–Crippen LogP) is 2.77. The zero-order valence-corrected chi connectivity index (χ0v) is 14.9. The van der Waals surface area contributed by atoms with Crippen molar-refractivity contribution >= 4 is 28.3 Å². The van der Waals surface area contributed by atoms with Gasteiger partial charge < -0.3 is 19.3 Å². The molecular formula is C19H16N2O5S. The molecule has 1 atom stereocenters. The maximum absolute atomic E-state index is 12.2. The molecule has 3 aromatic heterocycles. The average molecular weight is 384 g/mol. The molecule has 27 heavy (non-hydrogen) atoms. The number of aliphatic hydroxyl groups is 1. The Hall–Kier alpha value is -3.10. The number of carbonyl (C=O) groups excluding carboxylic acids is 1. The molecule has 4 rings (SSSR count). The fourth-order valence-corrected chi connectivity index (χ4v) is 3.41. The number of hydrogen-bond acceptors (Lipinski definition) is 6. The molecule has 138 valence electrons. The summed E-state index contributed by atoms with van der Waals surface area (Å²) >= 11 is 1.55. The van der Waals surface area contributed by atoms with Gasteiger partial charge in [-0.05, 0) is 35.7 Å². The van der Waals surface area contributed by atoms with Crippen LogP contribution in [0.2, 0.25) is 0 Å². The number of nitrogens with zero attached hydrogens (tertiary/aromatic N) is 1. The number of fused-ring (bicyclic) bond motifs is 1. The number of amides is 1. The summed E-state index contributed by atoms with van der Waals surface area (Å²) in [5.41, 5.74) is 1.91. The SMILES string of the molecule is O=C(Cn1c(=O)oc2ccccc21)NC[C@@H](O)c1ccc(-c2ccsc2)o1. The average Bonchev–Trinajstić information content (AvgIpc) is 3.40. The summed E-state index contributed by atoms with van der Waals surface area (Å²) in [5.74, 6) is 0.0149. The van der Waals surface area contributed by atoms with Crippen LogP contribution in [0.15, 0.2) is 66.9 Å². The number of rotatable bonds is 6. The molecule has 0 saturated carbocycles. The van der Waals surface area contributed by atoms with E-state index in [0.717, 1.165) is 5.56 Å². The highest BCUT2D eigenvalue weighted by molar-refractivity contribution is 7.08. The lowest BCUT2D eigenvalue weighted by atomic mass is 10.2. The molecule has 0 aliphatic heterocycles. The zero-order valence-electron chi connectivity index (χ0n) is 14.1. The van der Waals surface area contributed by atoms with Crippen LogP contribution < -0.4 is 11.1 Å². The Morgan fingerprint density at radius 3 is 2.85 bits per heavy atom. The summed E-state index contributed by atoms with van der Waals surface area (Å²) in [4.78, 5) is 24.1. The van der Waals surface area contributed by atoms with E-state index in [4.69, 9.17) is 8.83 Å². The highest BCUT2D eigenvalue weighted by atomic mass is 32.1. The molecule has 0 saturated heterocycles. The van der Waals surface area contributed by atoms with Crippen molar-refractivity contribution in [3.63, 3.8) is 0 Å². The van der Waals surface area contributed by atoms with Gasteiger partial charge in [-0.15, -0.1) is 0 Å². The largest absolute Gasteiger partial charge is 0.458 e. The monoisotopic (exact) mass is 384 g/mol. The van der Waals surface area contributed by atoms with Crippen molar-refractivity contribution in [3.8, 4) is 11.3 Å². The number of thiophene rings is 1. The number of aliphatic hydroxyl groups excluding tert-OH is 1.